The third-order valence-corrected chi connectivity index (χ3v) is 4.13. The zero-order valence-electron chi connectivity index (χ0n) is 14.2. The third-order valence-electron chi connectivity index (χ3n) is 4.13. The van der Waals surface area contributed by atoms with Gasteiger partial charge in [0.15, 0.2) is 0 Å². The molecule has 24 heavy (non-hydrogen) atoms. The lowest BCUT2D eigenvalue weighted by molar-refractivity contribution is 0.105. The van der Waals surface area contributed by atoms with Gasteiger partial charge in [-0.2, -0.15) is 5.10 Å². The van der Waals surface area contributed by atoms with E-state index in [1.165, 1.54) is 0 Å². The smallest absolute Gasteiger partial charge is 0.319 e. The predicted octanol–water partition coefficient (Wildman–Crippen LogP) is 3.18. The number of benzene rings is 1. The first-order valence-electron chi connectivity index (χ1n) is 8.42. The summed E-state index contributed by atoms with van der Waals surface area (Å²) in [5, 5.41) is 10.2. The van der Waals surface area contributed by atoms with Crippen LogP contribution in [0, 0.1) is 13.8 Å². The Kier molecular flexibility index (Phi) is 5.15. The molecule has 2 amide bonds. The summed E-state index contributed by atoms with van der Waals surface area (Å²) in [7, 11) is 0. The van der Waals surface area contributed by atoms with Crippen LogP contribution in [0.15, 0.2) is 30.3 Å². The number of nitrogens with one attached hydrogen (secondary N) is 2. The van der Waals surface area contributed by atoms with Crippen molar-refractivity contribution in [2.24, 2.45) is 0 Å². The van der Waals surface area contributed by atoms with E-state index in [1.54, 1.807) is 0 Å². The van der Waals surface area contributed by atoms with E-state index in [9.17, 15) is 4.79 Å². The zero-order chi connectivity index (χ0) is 16.9. The van der Waals surface area contributed by atoms with Gasteiger partial charge in [-0.15, -0.1) is 0 Å². The van der Waals surface area contributed by atoms with Crippen molar-refractivity contribution in [1.29, 1.82) is 0 Å². The molecule has 6 nitrogen and oxygen atoms in total. The van der Waals surface area contributed by atoms with Gasteiger partial charge in [-0.25, -0.2) is 9.48 Å². The van der Waals surface area contributed by atoms with Gasteiger partial charge >= 0.3 is 6.03 Å². The van der Waals surface area contributed by atoms with Gasteiger partial charge in [-0.05, 0) is 57.4 Å². The fourth-order valence-corrected chi connectivity index (χ4v) is 3.00. The summed E-state index contributed by atoms with van der Waals surface area (Å²) in [5.41, 5.74) is 3.70. The van der Waals surface area contributed by atoms with Crippen molar-refractivity contribution in [3.63, 3.8) is 0 Å². The van der Waals surface area contributed by atoms with E-state index in [0.717, 1.165) is 48.6 Å². The molecular weight excluding hydrogens is 304 g/mol. The van der Waals surface area contributed by atoms with Crippen molar-refractivity contribution in [2.45, 2.75) is 39.2 Å². The minimum Gasteiger partial charge on any atom is -0.378 e. The molecule has 0 bridgehead atoms. The SMILES string of the molecule is Cc1cc(C)n(-c2cccc(NC(=O)NCCC3CCCO3)c2)n1. The fraction of sp³-hybridized carbons (Fsp3) is 0.444. The van der Waals surface area contributed by atoms with Gasteiger partial charge < -0.3 is 15.4 Å². The number of carbonyl (C=O) groups is 1. The van der Waals surface area contributed by atoms with E-state index in [-0.39, 0.29) is 6.03 Å². The van der Waals surface area contributed by atoms with E-state index < -0.39 is 0 Å². The van der Waals surface area contributed by atoms with E-state index in [2.05, 4.69) is 15.7 Å². The Bertz CT molecular complexity index is 705. The summed E-state index contributed by atoms with van der Waals surface area (Å²) in [6, 6.07) is 9.50. The normalized spacial score (nSPS) is 17.0. The molecule has 1 aliphatic heterocycles. The molecule has 1 fully saturated rings. The van der Waals surface area contributed by atoms with Gasteiger partial charge in [0.25, 0.3) is 0 Å². The molecule has 0 radical (unpaired) electrons. The molecular formula is C18H24N4O2. The Balaban J connectivity index is 1.56. The lowest BCUT2D eigenvalue weighted by Crippen LogP contribution is -2.31. The molecule has 2 aromatic rings. The molecule has 1 atom stereocenters. The molecule has 0 spiro atoms. The number of carbonyl (C=O) groups excluding carboxylic acids is 1. The van der Waals surface area contributed by atoms with E-state index >= 15 is 0 Å². The van der Waals surface area contributed by atoms with Gasteiger partial charge in [0.05, 0.1) is 17.5 Å². The molecule has 6 heteroatoms. The molecule has 1 saturated heterocycles. The second-order valence-corrected chi connectivity index (χ2v) is 6.19. The lowest BCUT2D eigenvalue weighted by atomic mass is 10.2. The number of amides is 2. The van der Waals surface area contributed by atoms with Crippen LogP contribution >= 0.6 is 0 Å². The van der Waals surface area contributed by atoms with Crippen molar-refractivity contribution in [1.82, 2.24) is 15.1 Å². The van der Waals surface area contributed by atoms with Gasteiger partial charge in [0.1, 0.15) is 0 Å². The van der Waals surface area contributed by atoms with Crippen LogP contribution in [0.2, 0.25) is 0 Å². The van der Waals surface area contributed by atoms with Gasteiger partial charge in [0.2, 0.25) is 0 Å². The molecule has 0 aliphatic carbocycles. The number of urea groups is 1. The Hall–Kier alpha value is -2.34. The number of aryl methyl sites for hydroxylation is 2. The molecule has 3 rings (SSSR count). The van der Waals surface area contributed by atoms with Gasteiger partial charge in [0, 0.05) is 24.5 Å². The molecule has 0 saturated carbocycles. The number of ether oxygens (including phenoxy) is 1. The molecule has 1 unspecified atom stereocenters. The molecule has 2 heterocycles. The average Bonchev–Trinajstić information content (AvgIpc) is 3.17. The summed E-state index contributed by atoms with van der Waals surface area (Å²) in [6.07, 6.45) is 3.36. The summed E-state index contributed by atoms with van der Waals surface area (Å²) in [6.45, 7) is 5.44. The Labute approximate surface area is 142 Å². The van der Waals surface area contributed by atoms with Crippen LogP contribution in [0.4, 0.5) is 10.5 Å². The summed E-state index contributed by atoms with van der Waals surface area (Å²) < 4.78 is 7.42. The Morgan fingerprint density at radius 1 is 1.38 bits per heavy atom. The van der Waals surface area contributed by atoms with Crippen LogP contribution in [0.5, 0.6) is 0 Å². The van der Waals surface area contributed by atoms with Crippen LogP contribution in [-0.4, -0.2) is 35.1 Å². The highest BCUT2D eigenvalue weighted by Gasteiger charge is 2.15. The summed E-state index contributed by atoms with van der Waals surface area (Å²) in [5.74, 6) is 0. The predicted molar refractivity (Wildman–Crippen MR) is 93.7 cm³/mol. The van der Waals surface area contributed by atoms with Crippen LogP contribution in [0.1, 0.15) is 30.7 Å². The van der Waals surface area contributed by atoms with Crippen LogP contribution in [0.3, 0.4) is 0 Å². The van der Waals surface area contributed by atoms with Crippen LogP contribution < -0.4 is 10.6 Å². The van der Waals surface area contributed by atoms with Crippen molar-refractivity contribution in [3.05, 3.63) is 41.7 Å². The summed E-state index contributed by atoms with van der Waals surface area (Å²) >= 11 is 0. The minimum atomic E-state index is -0.196. The maximum Gasteiger partial charge on any atom is 0.319 e. The Morgan fingerprint density at radius 3 is 2.96 bits per heavy atom. The second-order valence-electron chi connectivity index (χ2n) is 6.19. The standard InChI is InChI=1S/C18H24N4O2/c1-13-11-14(2)22(21-13)16-6-3-5-15(12-16)20-18(23)19-9-8-17-7-4-10-24-17/h3,5-6,11-12,17H,4,7-10H2,1-2H3,(H2,19,20,23). The molecule has 2 N–H and O–H groups in total. The number of aromatic nitrogens is 2. The first kappa shape index (κ1) is 16.5. The van der Waals surface area contributed by atoms with Crippen molar-refractivity contribution in [2.75, 3.05) is 18.5 Å². The van der Waals surface area contributed by atoms with E-state index in [4.69, 9.17) is 4.74 Å². The number of nitrogens with zero attached hydrogens (tertiary/aromatic N) is 2. The van der Waals surface area contributed by atoms with Crippen molar-refractivity contribution >= 4 is 11.7 Å². The number of rotatable bonds is 5. The fourth-order valence-electron chi connectivity index (χ4n) is 3.00. The lowest BCUT2D eigenvalue weighted by Gasteiger charge is -2.12. The second kappa shape index (κ2) is 7.49. The Morgan fingerprint density at radius 2 is 2.25 bits per heavy atom. The average molecular weight is 328 g/mol. The monoisotopic (exact) mass is 328 g/mol. The molecule has 128 valence electrons. The largest absolute Gasteiger partial charge is 0.378 e. The van der Waals surface area contributed by atoms with Crippen molar-refractivity contribution < 1.29 is 9.53 Å². The molecule has 1 aromatic heterocycles. The number of hydrogen-bond donors (Lipinski definition) is 2. The van der Waals surface area contributed by atoms with Crippen molar-refractivity contribution in [3.8, 4) is 5.69 Å². The quantitative estimate of drug-likeness (QED) is 0.886. The van der Waals surface area contributed by atoms with Gasteiger partial charge in [-0.3, -0.25) is 0 Å². The molecule has 1 aromatic carbocycles. The number of anilines is 1. The highest BCUT2D eigenvalue weighted by molar-refractivity contribution is 5.89. The zero-order valence-corrected chi connectivity index (χ0v) is 14.2. The highest BCUT2D eigenvalue weighted by atomic mass is 16.5. The summed E-state index contributed by atoms with van der Waals surface area (Å²) in [4.78, 5) is 12.0. The van der Waals surface area contributed by atoms with Crippen LogP contribution in [-0.2, 0) is 4.74 Å². The first-order chi connectivity index (χ1) is 11.6. The molecule has 1 aliphatic rings. The van der Waals surface area contributed by atoms with E-state index in [0.29, 0.717) is 12.6 Å². The van der Waals surface area contributed by atoms with Gasteiger partial charge in [-0.1, -0.05) is 6.07 Å². The van der Waals surface area contributed by atoms with E-state index in [1.807, 2.05) is 48.9 Å². The topological polar surface area (TPSA) is 68.2 Å². The van der Waals surface area contributed by atoms with Crippen LogP contribution in [0.25, 0.3) is 5.69 Å². The minimum absolute atomic E-state index is 0.196. The maximum atomic E-state index is 12.0. The highest BCUT2D eigenvalue weighted by Crippen LogP contribution is 2.17. The third kappa shape index (κ3) is 4.14. The number of hydrogen-bond acceptors (Lipinski definition) is 3. The maximum absolute atomic E-state index is 12.0. The first-order valence-corrected chi connectivity index (χ1v) is 8.42.